The Hall–Kier alpha value is -2.37. The second-order valence-electron chi connectivity index (χ2n) is 8.43. The standard InChI is InChI=1S/C25H35N3O2/c1-6-27(7-2)25(30)21-13-11-20(12-14-21)24(22-9-8-10-23(29)15-22)28-17-18(3)26(5)16-19(28)4/h8-15,18-19,24,29H,6-7,16-17H2,1-5H3/t18?,19-,24-/m1/s1. The zero-order chi connectivity index (χ0) is 21.8. The highest BCUT2D eigenvalue weighted by atomic mass is 16.3. The lowest BCUT2D eigenvalue weighted by Gasteiger charge is -2.46. The Morgan fingerprint density at radius 1 is 1.03 bits per heavy atom. The summed E-state index contributed by atoms with van der Waals surface area (Å²) in [4.78, 5) is 19.5. The molecule has 5 nitrogen and oxygen atoms in total. The molecular weight excluding hydrogens is 374 g/mol. The first-order valence-electron chi connectivity index (χ1n) is 11.0. The van der Waals surface area contributed by atoms with Crippen LogP contribution in [-0.2, 0) is 0 Å². The van der Waals surface area contributed by atoms with E-state index < -0.39 is 0 Å². The van der Waals surface area contributed by atoms with Gasteiger partial charge in [-0.05, 0) is 70.1 Å². The topological polar surface area (TPSA) is 47.0 Å². The molecule has 0 aromatic heterocycles. The number of amides is 1. The summed E-state index contributed by atoms with van der Waals surface area (Å²) in [6, 6.07) is 16.4. The van der Waals surface area contributed by atoms with Crippen molar-refractivity contribution in [3.05, 3.63) is 65.2 Å². The van der Waals surface area contributed by atoms with Gasteiger partial charge in [0, 0.05) is 43.8 Å². The number of carbonyl (C=O) groups excluding carboxylic acids is 1. The molecule has 1 amide bonds. The molecule has 0 aliphatic carbocycles. The molecule has 1 unspecified atom stereocenters. The van der Waals surface area contributed by atoms with E-state index in [0.29, 0.717) is 25.2 Å². The molecule has 5 heteroatoms. The molecule has 0 saturated carbocycles. The van der Waals surface area contributed by atoms with E-state index in [0.717, 1.165) is 29.8 Å². The summed E-state index contributed by atoms with van der Waals surface area (Å²) < 4.78 is 0. The maximum atomic E-state index is 12.7. The molecule has 1 aliphatic heterocycles. The summed E-state index contributed by atoms with van der Waals surface area (Å²) in [5, 5.41) is 10.1. The van der Waals surface area contributed by atoms with Crippen LogP contribution in [0.2, 0.25) is 0 Å². The van der Waals surface area contributed by atoms with Crippen LogP contribution in [0.4, 0.5) is 0 Å². The third-order valence-corrected chi connectivity index (χ3v) is 6.39. The maximum absolute atomic E-state index is 12.7. The molecule has 1 aliphatic rings. The third kappa shape index (κ3) is 4.68. The Morgan fingerprint density at radius 3 is 2.30 bits per heavy atom. The predicted molar refractivity (Wildman–Crippen MR) is 122 cm³/mol. The molecule has 2 aromatic carbocycles. The number of hydrogen-bond acceptors (Lipinski definition) is 4. The number of phenols is 1. The quantitative estimate of drug-likeness (QED) is 0.784. The first-order chi connectivity index (χ1) is 14.3. The van der Waals surface area contributed by atoms with Crippen molar-refractivity contribution in [3.63, 3.8) is 0 Å². The van der Waals surface area contributed by atoms with E-state index >= 15 is 0 Å². The lowest BCUT2D eigenvalue weighted by atomic mass is 9.93. The molecular formula is C25H35N3O2. The van der Waals surface area contributed by atoms with Gasteiger partial charge in [-0.1, -0.05) is 24.3 Å². The molecule has 2 aromatic rings. The number of likely N-dealkylation sites (N-methyl/N-ethyl adjacent to an activating group) is 1. The Kier molecular flexibility index (Phi) is 7.16. The molecule has 1 saturated heterocycles. The minimum Gasteiger partial charge on any atom is -0.508 e. The Labute approximate surface area is 180 Å². The van der Waals surface area contributed by atoms with Crippen LogP contribution in [0.1, 0.15) is 55.2 Å². The van der Waals surface area contributed by atoms with E-state index in [-0.39, 0.29) is 17.7 Å². The van der Waals surface area contributed by atoms with Gasteiger partial charge in [-0.25, -0.2) is 0 Å². The fraction of sp³-hybridized carbons (Fsp3) is 0.480. The molecule has 1 heterocycles. The van der Waals surface area contributed by atoms with Crippen LogP contribution >= 0.6 is 0 Å². The van der Waals surface area contributed by atoms with E-state index in [1.807, 2.05) is 43.0 Å². The normalized spacial score (nSPS) is 21.4. The minimum atomic E-state index is 0.0286. The number of nitrogens with zero attached hydrogens (tertiary/aromatic N) is 3. The molecule has 162 valence electrons. The minimum absolute atomic E-state index is 0.0286. The van der Waals surface area contributed by atoms with E-state index in [2.05, 4.69) is 48.9 Å². The van der Waals surface area contributed by atoms with Crippen LogP contribution in [0.5, 0.6) is 5.75 Å². The van der Waals surface area contributed by atoms with Gasteiger partial charge in [-0.15, -0.1) is 0 Å². The van der Waals surface area contributed by atoms with Crippen molar-refractivity contribution in [2.75, 3.05) is 33.2 Å². The van der Waals surface area contributed by atoms with E-state index in [1.54, 1.807) is 6.07 Å². The van der Waals surface area contributed by atoms with Gasteiger partial charge in [0.05, 0.1) is 6.04 Å². The fourth-order valence-corrected chi connectivity index (χ4v) is 4.46. The molecule has 1 N–H and O–H groups in total. The van der Waals surface area contributed by atoms with Crippen molar-refractivity contribution in [1.29, 1.82) is 0 Å². The molecule has 3 rings (SSSR count). The Morgan fingerprint density at radius 2 is 1.70 bits per heavy atom. The first-order valence-corrected chi connectivity index (χ1v) is 11.0. The lowest BCUT2D eigenvalue weighted by Crippen LogP contribution is -2.55. The summed E-state index contributed by atoms with van der Waals surface area (Å²) in [6.07, 6.45) is 0. The van der Waals surface area contributed by atoms with Crippen LogP contribution < -0.4 is 0 Å². The zero-order valence-corrected chi connectivity index (χ0v) is 18.9. The second-order valence-corrected chi connectivity index (χ2v) is 8.43. The van der Waals surface area contributed by atoms with Crippen LogP contribution in [-0.4, -0.2) is 71.0 Å². The van der Waals surface area contributed by atoms with Gasteiger partial charge in [0.1, 0.15) is 5.75 Å². The second kappa shape index (κ2) is 9.63. The van der Waals surface area contributed by atoms with Crippen molar-refractivity contribution < 1.29 is 9.90 Å². The zero-order valence-electron chi connectivity index (χ0n) is 18.9. The molecule has 0 radical (unpaired) electrons. The van der Waals surface area contributed by atoms with Crippen LogP contribution in [0.15, 0.2) is 48.5 Å². The number of piperazine rings is 1. The first kappa shape index (κ1) is 22.3. The highest BCUT2D eigenvalue weighted by Gasteiger charge is 2.33. The van der Waals surface area contributed by atoms with Crippen molar-refractivity contribution in [2.45, 2.75) is 45.8 Å². The Balaban J connectivity index is 1.97. The molecule has 0 bridgehead atoms. The van der Waals surface area contributed by atoms with Gasteiger partial charge < -0.3 is 14.9 Å². The van der Waals surface area contributed by atoms with E-state index in [1.165, 1.54) is 0 Å². The Bertz CT molecular complexity index is 848. The fourth-order valence-electron chi connectivity index (χ4n) is 4.46. The molecule has 1 fully saturated rings. The van der Waals surface area contributed by atoms with Gasteiger partial charge in [-0.3, -0.25) is 9.69 Å². The van der Waals surface area contributed by atoms with Crippen LogP contribution in [0.25, 0.3) is 0 Å². The van der Waals surface area contributed by atoms with Crippen LogP contribution in [0.3, 0.4) is 0 Å². The number of rotatable bonds is 6. The average molecular weight is 410 g/mol. The van der Waals surface area contributed by atoms with E-state index in [9.17, 15) is 9.90 Å². The smallest absolute Gasteiger partial charge is 0.253 e. The summed E-state index contributed by atoms with van der Waals surface area (Å²) >= 11 is 0. The summed E-state index contributed by atoms with van der Waals surface area (Å²) in [5.41, 5.74) is 2.93. The van der Waals surface area contributed by atoms with Crippen molar-refractivity contribution in [3.8, 4) is 5.75 Å². The monoisotopic (exact) mass is 409 g/mol. The van der Waals surface area contributed by atoms with Gasteiger partial charge in [0.25, 0.3) is 5.91 Å². The van der Waals surface area contributed by atoms with Gasteiger partial charge in [-0.2, -0.15) is 0 Å². The number of phenolic OH excluding ortho intramolecular Hbond substituents is 1. The third-order valence-electron chi connectivity index (χ3n) is 6.39. The number of aromatic hydroxyl groups is 1. The summed E-state index contributed by atoms with van der Waals surface area (Å²) in [7, 11) is 2.18. The van der Waals surface area contributed by atoms with Crippen LogP contribution in [0, 0.1) is 0 Å². The van der Waals surface area contributed by atoms with Gasteiger partial charge >= 0.3 is 0 Å². The number of benzene rings is 2. The van der Waals surface area contributed by atoms with Crippen molar-refractivity contribution in [2.24, 2.45) is 0 Å². The SMILES string of the molecule is CCN(CC)C(=O)c1ccc([C@H](c2cccc(O)c2)N2CC(C)N(C)C[C@H]2C)cc1. The number of carbonyl (C=O) groups is 1. The summed E-state index contributed by atoms with van der Waals surface area (Å²) in [5.74, 6) is 0.350. The van der Waals surface area contributed by atoms with E-state index in [4.69, 9.17) is 0 Å². The average Bonchev–Trinajstić information content (AvgIpc) is 2.73. The molecule has 0 spiro atoms. The molecule has 3 atom stereocenters. The van der Waals surface area contributed by atoms with Gasteiger partial charge in [0.2, 0.25) is 0 Å². The lowest BCUT2D eigenvalue weighted by molar-refractivity contribution is 0.0389. The highest BCUT2D eigenvalue weighted by molar-refractivity contribution is 5.94. The predicted octanol–water partition coefficient (Wildman–Crippen LogP) is 3.99. The highest BCUT2D eigenvalue weighted by Crippen LogP contribution is 2.34. The maximum Gasteiger partial charge on any atom is 0.253 e. The number of hydrogen-bond donors (Lipinski definition) is 1. The van der Waals surface area contributed by atoms with Gasteiger partial charge in [0.15, 0.2) is 0 Å². The molecule has 30 heavy (non-hydrogen) atoms. The largest absolute Gasteiger partial charge is 0.508 e. The summed E-state index contributed by atoms with van der Waals surface area (Å²) in [6.45, 7) is 11.9. The van der Waals surface area contributed by atoms with Crippen molar-refractivity contribution in [1.82, 2.24) is 14.7 Å². The van der Waals surface area contributed by atoms with Crippen molar-refractivity contribution >= 4 is 5.91 Å².